The number of amides is 1. The number of ether oxygens (including phenoxy) is 1. The van der Waals surface area contributed by atoms with Gasteiger partial charge in [-0.1, -0.05) is 0 Å². The molecule has 0 aromatic carbocycles. The van der Waals surface area contributed by atoms with Crippen LogP contribution in [-0.2, 0) is 9.53 Å². The lowest BCUT2D eigenvalue weighted by molar-refractivity contribution is -0.153. The number of rotatable bonds is 1. The first-order valence-electron chi connectivity index (χ1n) is 5.79. The molecule has 2 rings (SSSR count). The minimum Gasteiger partial charge on any atom is -0.365 e. The van der Waals surface area contributed by atoms with E-state index in [0.29, 0.717) is 0 Å². The summed E-state index contributed by atoms with van der Waals surface area (Å²) >= 11 is 0. The molecule has 1 amide bonds. The Labute approximate surface area is 91.0 Å². The maximum Gasteiger partial charge on any atom is 0.254 e. The Kier molecular flexibility index (Phi) is 2.98. The van der Waals surface area contributed by atoms with Crippen molar-refractivity contribution in [3.8, 4) is 0 Å². The zero-order valence-electron chi connectivity index (χ0n) is 9.58. The van der Waals surface area contributed by atoms with Crippen molar-refractivity contribution in [2.45, 2.75) is 38.3 Å². The fraction of sp³-hybridized carbons (Fsp3) is 0.909. The third-order valence-electron chi connectivity index (χ3n) is 3.43. The summed E-state index contributed by atoms with van der Waals surface area (Å²) in [6.45, 7) is 7.33. The zero-order chi connectivity index (χ0) is 10.9. The van der Waals surface area contributed by atoms with Crippen molar-refractivity contribution >= 4 is 5.91 Å². The van der Waals surface area contributed by atoms with Gasteiger partial charge < -0.3 is 15.0 Å². The van der Waals surface area contributed by atoms with Crippen molar-refractivity contribution < 1.29 is 9.53 Å². The van der Waals surface area contributed by atoms with Crippen LogP contribution in [0.5, 0.6) is 0 Å². The first-order valence-corrected chi connectivity index (χ1v) is 5.79. The Balaban J connectivity index is 2.05. The SMILES string of the molecule is CC1CNCCN1C(=O)C1(C)CCCO1. The summed E-state index contributed by atoms with van der Waals surface area (Å²) in [6, 6.07) is 0.285. The molecule has 4 heteroatoms. The standard InChI is InChI=1S/C11H20N2O2/c1-9-8-12-5-6-13(9)10(14)11(2)4-3-7-15-11/h9,12H,3-8H2,1-2H3. The summed E-state index contributed by atoms with van der Waals surface area (Å²) in [4.78, 5) is 14.3. The molecule has 2 heterocycles. The van der Waals surface area contributed by atoms with E-state index in [9.17, 15) is 4.79 Å². The third-order valence-corrected chi connectivity index (χ3v) is 3.43. The fourth-order valence-corrected chi connectivity index (χ4v) is 2.39. The summed E-state index contributed by atoms with van der Waals surface area (Å²) < 4.78 is 5.59. The van der Waals surface area contributed by atoms with E-state index in [1.54, 1.807) is 0 Å². The smallest absolute Gasteiger partial charge is 0.254 e. The molecular weight excluding hydrogens is 192 g/mol. The molecule has 0 bridgehead atoms. The number of hydrogen-bond donors (Lipinski definition) is 1. The van der Waals surface area contributed by atoms with Gasteiger partial charge in [-0.15, -0.1) is 0 Å². The average molecular weight is 212 g/mol. The van der Waals surface area contributed by atoms with Gasteiger partial charge in [0.25, 0.3) is 5.91 Å². The molecule has 0 saturated carbocycles. The molecule has 2 fully saturated rings. The molecule has 0 aromatic rings. The molecule has 2 unspecified atom stereocenters. The molecule has 0 aromatic heterocycles. The Morgan fingerprint density at radius 3 is 3.00 bits per heavy atom. The number of nitrogens with one attached hydrogen (secondary N) is 1. The number of piperazine rings is 1. The molecule has 2 aliphatic rings. The zero-order valence-corrected chi connectivity index (χ0v) is 9.58. The van der Waals surface area contributed by atoms with E-state index in [4.69, 9.17) is 4.74 Å². The van der Waals surface area contributed by atoms with Gasteiger partial charge in [0, 0.05) is 32.3 Å². The lowest BCUT2D eigenvalue weighted by atomic mass is 9.99. The maximum absolute atomic E-state index is 12.3. The maximum atomic E-state index is 12.3. The van der Waals surface area contributed by atoms with Gasteiger partial charge in [-0.25, -0.2) is 0 Å². The van der Waals surface area contributed by atoms with Gasteiger partial charge in [-0.3, -0.25) is 4.79 Å². The van der Waals surface area contributed by atoms with Crippen LogP contribution in [0.2, 0.25) is 0 Å². The number of carbonyl (C=O) groups excluding carboxylic acids is 1. The molecule has 1 N–H and O–H groups in total. The average Bonchev–Trinajstić information content (AvgIpc) is 2.66. The normalized spacial score (nSPS) is 36.9. The lowest BCUT2D eigenvalue weighted by Gasteiger charge is -2.38. The quantitative estimate of drug-likeness (QED) is 0.683. The van der Waals surface area contributed by atoms with E-state index in [1.165, 1.54) is 0 Å². The van der Waals surface area contributed by atoms with E-state index >= 15 is 0 Å². The Hall–Kier alpha value is -0.610. The predicted molar refractivity (Wildman–Crippen MR) is 57.6 cm³/mol. The van der Waals surface area contributed by atoms with Crippen molar-refractivity contribution in [2.24, 2.45) is 0 Å². The van der Waals surface area contributed by atoms with E-state index in [-0.39, 0.29) is 11.9 Å². The Morgan fingerprint density at radius 1 is 1.60 bits per heavy atom. The number of nitrogens with zero attached hydrogens (tertiary/aromatic N) is 1. The van der Waals surface area contributed by atoms with Gasteiger partial charge in [-0.05, 0) is 26.7 Å². The highest BCUT2D eigenvalue weighted by molar-refractivity contribution is 5.85. The van der Waals surface area contributed by atoms with Crippen LogP contribution in [0.15, 0.2) is 0 Å². The topological polar surface area (TPSA) is 41.6 Å². The summed E-state index contributed by atoms with van der Waals surface area (Å²) in [5.74, 6) is 0.175. The van der Waals surface area contributed by atoms with Gasteiger partial charge in [-0.2, -0.15) is 0 Å². The molecule has 0 aliphatic carbocycles. The first-order chi connectivity index (χ1) is 7.13. The van der Waals surface area contributed by atoms with Crippen LogP contribution in [-0.4, -0.2) is 48.7 Å². The second-order valence-electron chi connectivity index (χ2n) is 4.73. The number of hydrogen-bond acceptors (Lipinski definition) is 3. The van der Waals surface area contributed by atoms with Crippen molar-refractivity contribution in [3.63, 3.8) is 0 Å². The minimum atomic E-state index is -0.550. The summed E-state index contributed by atoms with van der Waals surface area (Å²) in [5.41, 5.74) is -0.550. The molecular formula is C11H20N2O2. The molecule has 15 heavy (non-hydrogen) atoms. The van der Waals surface area contributed by atoms with Crippen LogP contribution in [0, 0.1) is 0 Å². The van der Waals surface area contributed by atoms with Gasteiger partial charge in [0.05, 0.1) is 0 Å². The highest BCUT2D eigenvalue weighted by atomic mass is 16.5. The van der Waals surface area contributed by atoms with Crippen LogP contribution < -0.4 is 5.32 Å². The van der Waals surface area contributed by atoms with Gasteiger partial charge in [0.2, 0.25) is 0 Å². The van der Waals surface area contributed by atoms with Gasteiger partial charge >= 0.3 is 0 Å². The predicted octanol–water partition coefficient (Wildman–Crippen LogP) is 0.376. The van der Waals surface area contributed by atoms with Gasteiger partial charge in [0.1, 0.15) is 5.60 Å². The van der Waals surface area contributed by atoms with Gasteiger partial charge in [0.15, 0.2) is 0 Å². The van der Waals surface area contributed by atoms with Crippen molar-refractivity contribution in [1.29, 1.82) is 0 Å². The third kappa shape index (κ3) is 2.01. The summed E-state index contributed by atoms with van der Waals surface area (Å²) in [6.07, 6.45) is 1.87. The van der Waals surface area contributed by atoms with Crippen LogP contribution in [0.1, 0.15) is 26.7 Å². The van der Waals surface area contributed by atoms with Crippen LogP contribution >= 0.6 is 0 Å². The van der Waals surface area contributed by atoms with E-state index in [0.717, 1.165) is 39.1 Å². The Bertz CT molecular complexity index is 249. The van der Waals surface area contributed by atoms with E-state index in [1.807, 2.05) is 11.8 Å². The Morgan fingerprint density at radius 2 is 2.40 bits per heavy atom. The summed E-state index contributed by atoms with van der Waals surface area (Å²) in [7, 11) is 0. The fourth-order valence-electron chi connectivity index (χ4n) is 2.39. The van der Waals surface area contributed by atoms with Crippen LogP contribution in [0.25, 0.3) is 0 Å². The van der Waals surface area contributed by atoms with Crippen molar-refractivity contribution in [1.82, 2.24) is 10.2 Å². The largest absolute Gasteiger partial charge is 0.365 e. The highest BCUT2D eigenvalue weighted by Gasteiger charge is 2.42. The molecule has 2 atom stereocenters. The van der Waals surface area contributed by atoms with E-state index in [2.05, 4.69) is 12.2 Å². The molecule has 2 saturated heterocycles. The number of carbonyl (C=O) groups is 1. The second-order valence-corrected chi connectivity index (χ2v) is 4.73. The van der Waals surface area contributed by atoms with Crippen LogP contribution in [0.4, 0.5) is 0 Å². The van der Waals surface area contributed by atoms with Crippen molar-refractivity contribution in [2.75, 3.05) is 26.2 Å². The second kappa shape index (κ2) is 4.10. The monoisotopic (exact) mass is 212 g/mol. The van der Waals surface area contributed by atoms with E-state index < -0.39 is 5.60 Å². The molecule has 0 radical (unpaired) electrons. The summed E-state index contributed by atoms with van der Waals surface area (Å²) in [5, 5.41) is 3.29. The van der Waals surface area contributed by atoms with Crippen LogP contribution in [0.3, 0.4) is 0 Å². The molecule has 4 nitrogen and oxygen atoms in total. The minimum absolute atomic E-state index is 0.175. The van der Waals surface area contributed by atoms with Crippen molar-refractivity contribution in [3.05, 3.63) is 0 Å². The molecule has 0 spiro atoms. The lowest BCUT2D eigenvalue weighted by Crippen LogP contribution is -2.57. The first kappa shape index (κ1) is 10.9. The highest BCUT2D eigenvalue weighted by Crippen LogP contribution is 2.28. The molecule has 2 aliphatic heterocycles. The molecule has 86 valence electrons.